The van der Waals surface area contributed by atoms with Crippen LogP contribution in [0.5, 0.6) is 0 Å². The number of carbonyl (C=O) groups excluding carboxylic acids is 2. The Hall–Kier alpha value is -3.67. The van der Waals surface area contributed by atoms with Crippen molar-refractivity contribution in [1.82, 2.24) is 25.4 Å². The molecule has 0 aliphatic carbocycles. The molecule has 1 spiro atoms. The number of halogens is 8. The maximum atomic E-state index is 12.7. The average molecular weight is 690 g/mol. The molecule has 19 heteroatoms. The Kier molecular flexibility index (Phi) is 13.4. The second kappa shape index (κ2) is 16.1. The van der Waals surface area contributed by atoms with Gasteiger partial charge in [-0.2, -0.15) is 26.3 Å². The van der Waals surface area contributed by atoms with Gasteiger partial charge in [0, 0.05) is 50.1 Å². The number of likely N-dealkylation sites (tertiary alicyclic amines) is 1. The molecule has 2 aliphatic heterocycles. The van der Waals surface area contributed by atoms with Gasteiger partial charge in [-0.05, 0) is 42.7 Å². The molecule has 2 saturated heterocycles. The number of piperidine rings is 1. The van der Waals surface area contributed by atoms with Gasteiger partial charge in [0.05, 0.1) is 17.3 Å². The van der Waals surface area contributed by atoms with Crippen molar-refractivity contribution in [3.8, 4) is 0 Å². The van der Waals surface area contributed by atoms with Gasteiger partial charge in [0.15, 0.2) is 0 Å². The van der Waals surface area contributed by atoms with Gasteiger partial charge >= 0.3 is 24.3 Å². The third-order valence-corrected chi connectivity index (χ3v) is 7.16. The molecule has 1 aromatic carbocycles. The summed E-state index contributed by atoms with van der Waals surface area (Å²) in [6.07, 6.45) is -5.04. The van der Waals surface area contributed by atoms with E-state index in [1.807, 2.05) is 18.3 Å². The number of benzene rings is 1. The SMILES string of the molecule is O=C(NCCN1CCC2(CC1)C(=O)NCN2Cc1cccnc1)c1ccc(Cl)cc1Cl.O=C(O)C(F)(F)F.O=C(O)C(F)(F)F. The van der Waals surface area contributed by atoms with Gasteiger partial charge in [-0.3, -0.25) is 19.5 Å². The molecule has 45 heavy (non-hydrogen) atoms. The van der Waals surface area contributed by atoms with Gasteiger partial charge in [-0.15, -0.1) is 0 Å². The number of aliphatic carboxylic acids is 2. The Morgan fingerprint density at radius 2 is 1.58 bits per heavy atom. The Morgan fingerprint density at radius 1 is 1.00 bits per heavy atom. The van der Waals surface area contributed by atoms with Crippen molar-refractivity contribution in [3.05, 3.63) is 63.9 Å². The van der Waals surface area contributed by atoms with Crippen LogP contribution in [0, 0.1) is 0 Å². The molecule has 0 bridgehead atoms. The van der Waals surface area contributed by atoms with E-state index >= 15 is 0 Å². The van der Waals surface area contributed by atoms with Crippen molar-refractivity contribution in [2.75, 3.05) is 32.8 Å². The predicted molar refractivity (Wildman–Crippen MR) is 147 cm³/mol. The highest BCUT2D eigenvalue weighted by Gasteiger charge is 2.49. The van der Waals surface area contributed by atoms with Crippen molar-refractivity contribution in [3.63, 3.8) is 0 Å². The molecule has 2 amide bonds. The molecule has 2 fully saturated rings. The molecular weight excluding hydrogens is 663 g/mol. The fourth-order valence-electron chi connectivity index (χ4n) is 4.33. The molecule has 0 saturated carbocycles. The topological polar surface area (TPSA) is 152 Å². The van der Waals surface area contributed by atoms with E-state index in [2.05, 4.69) is 25.4 Å². The number of hydrogen-bond acceptors (Lipinski definition) is 7. The van der Waals surface area contributed by atoms with E-state index in [0.29, 0.717) is 35.4 Å². The number of nitrogens with zero attached hydrogens (tertiary/aromatic N) is 3. The van der Waals surface area contributed by atoms with E-state index in [9.17, 15) is 35.9 Å². The summed E-state index contributed by atoms with van der Waals surface area (Å²) in [6, 6.07) is 8.79. The van der Waals surface area contributed by atoms with Crippen molar-refractivity contribution in [1.29, 1.82) is 0 Å². The Balaban J connectivity index is 0.000000421. The minimum Gasteiger partial charge on any atom is -0.475 e. The number of carboxylic acid groups (broad SMARTS) is 2. The number of carbonyl (C=O) groups is 4. The summed E-state index contributed by atoms with van der Waals surface area (Å²) in [5, 5.41) is 21.0. The van der Waals surface area contributed by atoms with Crippen LogP contribution in [0.2, 0.25) is 10.0 Å². The van der Waals surface area contributed by atoms with Crippen molar-refractivity contribution >= 4 is 47.0 Å². The summed E-state index contributed by atoms with van der Waals surface area (Å²) >= 11 is 12.0. The van der Waals surface area contributed by atoms with E-state index in [0.717, 1.165) is 38.0 Å². The quantitative estimate of drug-likeness (QED) is 0.332. The molecule has 0 atom stereocenters. The maximum Gasteiger partial charge on any atom is 0.490 e. The van der Waals surface area contributed by atoms with Crippen LogP contribution in [0.25, 0.3) is 0 Å². The van der Waals surface area contributed by atoms with E-state index < -0.39 is 29.8 Å². The third-order valence-electron chi connectivity index (χ3n) is 6.61. The molecule has 248 valence electrons. The summed E-state index contributed by atoms with van der Waals surface area (Å²) in [7, 11) is 0. The number of nitrogens with one attached hydrogen (secondary N) is 2. The van der Waals surface area contributed by atoms with E-state index in [-0.39, 0.29) is 11.8 Å². The standard InChI is InChI=1S/C22H25Cl2N5O2.2C2HF3O2/c23-17-3-4-18(19(24)12-17)20(30)26-8-11-28-9-5-22(6-10-28)21(31)27-15-29(22)14-16-2-1-7-25-13-16;2*3-2(4,5)1(6)7/h1-4,7,12-13H,5-6,8-11,14-15H2,(H,26,30)(H,27,31);2*(H,6,7). The number of alkyl halides is 6. The number of carboxylic acids is 2. The zero-order valence-corrected chi connectivity index (χ0v) is 24.6. The van der Waals surface area contributed by atoms with Crippen LogP contribution >= 0.6 is 23.2 Å². The lowest BCUT2D eigenvalue weighted by Gasteiger charge is -2.42. The van der Waals surface area contributed by atoms with Gasteiger partial charge in [0.2, 0.25) is 5.91 Å². The van der Waals surface area contributed by atoms with Gasteiger partial charge in [-0.1, -0.05) is 29.3 Å². The lowest BCUT2D eigenvalue weighted by Crippen LogP contribution is -2.56. The van der Waals surface area contributed by atoms with Gasteiger partial charge < -0.3 is 25.7 Å². The summed E-state index contributed by atoms with van der Waals surface area (Å²) in [6.45, 7) is 4.09. The summed E-state index contributed by atoms with van der Waals surface area (Å²) in [5.74, 6) is -5.62. The first-order valence-electron chi connectivity index (χ1n) is 12.8. The lowest BCUT2D eigenvalue weighted by molar-refractivity contribution is -0.193. The monoisotopic (exact) mass is 689 g/mol. The third kappa shape index (κ3) is 11.3. The number of aromatic nitrogens is 1. The normalized spacial score (nSPS) is 16.5. The van der Waals surface area contributed by atoms with Crippen LogP contribution in [0.15, 0.2) is 42.7 Å². The molecule has 3 heterocycles. The molecule has 2 aliphatic rings. The smallest absolute Gasteiger partial charge is 0.475 e. The predicted octanol–water partition coefficient (Wildman–Crippen LogP) is 3.81. The zero-order chi connectivity index (χ0) is 34.0. The number of amides is 2. The molecule has 4 rings (SSSR count). The summed E-state index contributed by atoms with van der Waals surface area (Å²) in [4.78, 5) is 51.6. The Bertz CT molecular complexity index is 1320. The zero-order valence-electron chi connectivity index (χ0n) is 23.1. The van der Waals surface area contributed by atoms with Crippen LogP contribution in [0.1, 0.15) is 28.8 Å². The van der Waals surface area contributed by atoms with Crippen LogP contribution in [0.4, 0.5) is 26.3 Å². The fraction of sp³-hybridized carbons (Fsp3) is 0.423. The first kappa shape index (κ1) is 37.5. The molecule has 4 N–H and O–H groups in total. The lowest BCUT2D eigenvalue weighted by atomic mass is 9.86. The minimum absolute atomic E-state index is 0.113. The Morgan fingerprint density at radius 3 is 2.07 bits per heavy atom. The maximum absolute atomic E-state index is 12.7. The molecule has 2 aromatic rings. The average Bonchev–Trinajstić information content (AvgIpc) is 3.23. The minimum atomic E-state index is -5.08. The van der Waals surface area contributed by atoms with Crippen LogP contribution in [0.3, 0.4) is 0 Å². The molecule has 11 nitrogen and oxygen atoms in total. The second-order valence-electron chi connectivity index (χ2n) is 9.58. The second-order valence-corrected chi connectivity index (χ2v) is 10.4. The van der Waals surface area contributed by atoms with E-state index in [4.69, 9.17) is 43.0 Å². The first-order valence-corrected chi connectivity index (χ1v) is 13.6. The van der Waals surface area contributed by atoms with Crippen LogP contribution < -0.4 is 10.6 Å². The van der Waals surface area contributed by atoms with E-state index in [1.165, 1.54) is 0 Å². The van der Waals surface area contributed by atoms with Crippen molar-refractivity contribution < 1.29 is 55.7 Å². The first-order chi connectivity index (χ1) is 20.9. The van der Waals surface area contributed by atoms with Gasteiger partial charge in [-0.25, -0.2) is 9.59 Å². The molecule has 0 radical (unpaired) electrons. The highest BCUT2D eigenvalue weighted by Crippen LogP contribution is 2.33. The summed E-state index contributed by atoms with van der Waals surface area (Å²) in [5.41, 5.74) is 1.05. The molecule has 0 unspecified atom stereocenters. The number of pyridine rings is 1. The highest BCUT2D eigenvalue weighted by atomic mass is 35.5. The van der Waals surface area contributed by atoms with E-state index in [1.54, 1.807) is 24.4 Å². The molecular formula is C26H27Cl2F6N5O6. The van der Waals surface area contributed by atoms with Gasteiger partial charge in [0.25, 0.3) is 5.91 Å². The highest BCUT2D eigenvalue weighted by molar-refractivity contribution is 6.36. The Labute approximate surface area is 262 Å². The van der Waals surface area contributed by atoms with Crippen molar-refractivity contribution in [2.24, 2.45) is 0 Å². The molecule has 1 aromatic heterocycles. The summed E-state index contributed by atoms with van der Waals surface area (Å²) < 4.78 is 63.5. The van der Waals surface area contributed by atoms with Gasteiger partial charge in [0.1, 0.15) is 5.54 Å². The van der Waals surface area contributed by atoms with Crippen LogP contribution in [-0.2, 0) is 20.9 Å². The van der Waals surface area contributed by atoms with Crippen molar-refractivity contribution in [2.45, 2.75) is 37.3 Å². The van der Waals surface area contributed by atoms with Crippen LogP contribution in [-0.4, -0.2) is 99.5 Å². The number of rotatable bonds is 6. The fourth-order valence-corrected chi connectivity index (χ4v) is 4.83. The largest absolute Gasteiger partial charge is 0.490 e. The number of hydrogen-bond donors (Lipinski definition) is 4.